The molecule has 1 aromatic rings. The van der Waals surface area contributed by atoms with Gasteiger partial charge in [-0.25, -0.2) is 9.67 Å². The van der Waals surface area contributed by atoms with Crippen LogP contribution in [0.4, 0.5) is 0 Å². The average molecular weight is 199 g/mol. The molecule has 13 heavy (non-hydrogen) atoms. The van der Waals surface area contributed by atoms with E-state index in [1.807, 2.05) is 6.92 Å². The van der Waals surface area contributed by atoms with Gasteiger partial charge < -0.3 is 5.11 Å². The molecular formula is C7H9N3O2S. The Morgan fingerprint density at radius 3 is 3.23 bits per heavy atom. The second-order valence-corrected chi connectivity index (χ2v) is 3.96. The standard InChI is InChI=1S/C7H9N3O2S/c1-4-8-7-10(9-4)2-5(3-13-7)6(11)12/h5H,2-3H2,1H3,(H,11,12). The second-order valence-electron chi connectivity index (χ2n) is 2.97. The van der Waals surface area contributed by atoms with Crippen molar-refractivity contribution < 1.29 is 9.90 Å². The maximum absolute atomic E-state index is 10.7. The normalized spacial score (nSPS) is 21.2. The second kappa shape index (κ2) is 3.02. The molecule has 0 fully saturated rings. The van der Waals surface area contributed by atoms with Crippen LogP contribution in [0.3, 0.4) is 0 Å². The minimum atomic E-state index is -0.758. The highest BCUT2D eigenvalue weighted by molar-refractivity contribution is 7.99. The van der Waals surface area contributed by atoms with Crippen molar-refractivity contribution in [2.24, 2.45) is 5.92 Å². The van der Waals surface area contributed by atoms with Gasteiger partial charge in [0.25, 0.3) is 0 Å². The Morgan fingerprint density at radius 1 is 1.77 bits per heavy atom. The number of aromatic nitrogens is 3. The van der Waals surface area contributed by atoms with E-state index in [9.17, 15) is 4.79 Å². The van der Waals surface area contributed by atoms with Crippen molar-refractivity contribution in [2.45, 2.75) is 18.6 Å². The van der Waals surface area contributed by atoms with E-state index in [2.05, 4.69) is 10.1 Å². The molecule has 0 aromatic carbocycles. The molecule has 0 saturated heterocycles. The number of fused-ring (bicyclic) bond motifs is 1. The maximum atomic E-state index is 10.7. The van der Waals surface area contributed by atoms with Crippen LogP contribution in [0.5, 0.6) is 0 Å². The highest BCUT2D eigenvalue weighted by atomic mass is 32.2. The Labute approximate surface area is 79.2 Å². The molecule has 70 valence electrons. The Hall–Kier alpha value is -1.04. The number of aryl methyl sites for hydroxylation is 1. The fraction of sp³-hybridized carbons (Fsp3) is 0.571. The summed E-state index contributed by atoms with van der Waals surface area (Å²) < 4.78 is 1.67. The summed E-state index contributed by atoms with van der Waals surface area (Å²) in [5.41, 5.74) is 0. The number of thioether (sulfide) groups is 1. The molecule has 0 saturated carbocycles. The fourth-order valence-corrected chi connectivity index (χ4v) is 2.31. The van der Waals surface area contributed by atoms with Crippen molar-refractivity contribution in [1.82, 2.24) is 14.8 Å². The van der Waals surface area contributed by atoms with Crippen LogP contribution in [0.2, 0.25) is 0 Å². The lowest BCUT2D eigenvalue weighted by molar-refractivity contribution is -0.141. The lowest BCUT2D eigenvalue weighted by atomic mass is 10.2. The molecular weight excluding hydrogens is 190 g/mol. The van der Waals surface area contributed by atoms with E-state index >= 15 is 0 Å². The molecule has 2 heterocycles. The summed E-state index contributed by atoms with van der Waals surface area (Å²) in [6.07, 6.45) is 0. The lowest BCUT2D eigenvalue weighted by Gasteiger charge is -2.17. The number of hydrogen-bond donors (Lipinski definition) is 1. The SMILES string of the molecule is Cc1nc2n(n1)CC(C(=O)O)CS2. The number of aliphatic carboxylic acids is 1. The predicted molar refractivity (Wildman–Crippen MR) is 46.6 cm³/mol. The van der Waals surface area contributed by atoms with Gasteiger partial charge in [0, 0.05) is 5.75 Å². The van der Waals surface area contributed by atoms with Crippen LogP contribution >= 0.6 is 11.8 Å². The average Bonchev–Trinajstić information content (AvgIpc) is 2.42. The molecule has 1 atom stereocenters. The van der Waals surface area contributed by atoms with Crippen molar-refractivity contribution in [3.8, 4) is 0 Å². The van der Waals surface area contributed by atoms with E-state index in [4.69, 9.17) is 5.11 Å². The number of carboxylic acids is 1. The number of carboxylic acid groups (broad SMARTS) is 1. The van der Waals surface area contributed by atoms with Gasteiger partial charge in [0.15, 0.2) is 5.16 Å². The molecule has 5 nitrogen and oxygen atoms in total. The largest absolute Gasteiger partial charge is 0.481 e. The molecule has 1 aliphatic rings. The summed E-state index contributed by atoms with van der Waals surface area (Å²) in [5.74, 6) is 0.200. The lowest BCUT2D eigenvalue weighted by Crippen LogP contribution is -2.26. The summed E-state index contributed by atoms with van der Waals surface area (Å²) >= 11 is 1.45. The van der Waals surface area contributed by atoms with Crippen molar-refractivity contribution >= 4 is 17.7 Å². The highest BCUT2D eigenvalue weighted by Crippen LogP contribution is 2.25. The van der Waals surface area contributed by atoms with E-state index in [1.165, 1.54) is 11.8 Å². The number of rotatable bonds is 1. The molecule has 1 unspecified atom stereocenters. The minimum Gasteiger partial charge on any atom is -0.481 e. The molecule has 0 radical (unpaired) electrons. The first-order valence-electron chi connectivity index (χ1n) is 3.94. The van der Waals surface area contributed by atoms with Crippen LogP contribution in [-0.2, 0) is 11.3 Å². The highest BCUT2D eigenvalue weighted by Gasteiger charge is 2.26. The zero-order valence-corrected chi connectivity index (χ0v) is 7.91. The molecule has 0 amide bonds. The van der Waals surface area contributed by atoms with Gasteiger partial charge >= 0.3 is 5.97 Å². The van der Waals surface area contributed by atoms with Crippen LogP contribution < -0.4 is 0 Å². The zero-order chi connectivity index (χ0) is 9.42. The zero-order valence-electron chi connectivity index (χ0n) is 7.10. The van der Waals surface area contributed by atoms with Gasteiger partial charge in [-0.05, 0) is 6.92 Å². The van der Waals surface area contributed by atoms with E-state index in [-0.39, 0.29) is 5.92 Å². The molecule has 2 rings (SSSR count). The fourth-order valence-electron chi connectivity index (χ4n) is 1.25. The molecule has 6 heteroatoms. The number of carbonyl (C=O) groups is 1. The van der Waals surface area contributed by atoms with Gasteiger partial charge in [0.05, 0.1) is 12.5 Å². The Bertz CT molecular complexity index is 350. The van der Waals surface area contributed by atoms with E-state index in [1.54, 1.807) is 4.68 Å². The Kier molecular flexibility index (Phi) is 1.99. The summed E-state index contributed by atoms with van der Waals surface area (Å²) in [6.45, 7) is 2.25. The molecule has 1 aliphatic heterocycles. The van der Waals surface area contributed by atoms with Crippen LogP contribution in [0.15, 0.2) is 5.16 Å². The van der Waals surface area contributed by atoms with Gasteiger partial charge in [-0.1, -0.05) is 11.8 Å². The maximum Gasteiger partial charge on any atom is 0.309 e. The summed E-state index contributed by atoms with van der Waals surface area (Å²) in [7, 11) is 0. The van der Waals surface area contributed by atoms with Crippen molar-refractivity contribution in [2.75, 3.05) is 5.75 Å². The van der Waals surface area contributed by atoms with Crippen LogP contribution in [0.25, 0.3) is 0 Å². The molecule has 0 bridgehead atoms. The molecule has 0 spiro atoms. The number of nitrogens with zero attached hydrogens (tertiary/aromatic N) is 3. The van der Waals surface area contributed by atoms with Crippen LogP contribution in [0, 0.1) is 12.8 Å². The van der Waals surface area contributed by atoms with Crippen LogP contribution in [-0.4, -0.2) is 31.6 Å². The van der Waals surface area contributed by atoms with Gasteiger partial charge in [0.1, 0.15) is 5.82 Å². The molecule has 1 aromatic heterocycles. The van der Waals surface area contributed by atoms with Gasteiger partial charge in [0.2, 0.25) is 0 Å². The monoisotopic (exact) mass is 199 g/mol. The third-order valence-corrected chi connectivity index (χ3v) is 3.03. The first kappa shape index (κ1) is 8.55. The van der Waals surface area contributed by atoms with E-state index in [0.717, 1.165) is 5.16 Å². The third-order valence-electron chi connectivity index (χ3n) is 1.90. The number of hydrogen-bond acceptors (Lipinski definition) is 4. The van der Waals surface area contributed by atoms with Gasteiger partial charge in [-0.15, -0.1) is 0 Å². The summed E-state index contributed by atoms with van der Waals surface area (Å²) in [4.78, 5) is 14.9. The molecule has 0 aliphatic carbocycles. The van der Waals surface area contributed by atoms with Crippen LogP contribution in [0.1, 0.15) is 5.82 Å². The Balaban J connectivity index is 2.24. The van der Waals surface area contributed by atoms with E-state index in [0.29, 0.717) is 18.1 Å². The first-order chi connectivity index (χ1) is 6.16. The van der Waals surface area contributed by atoms with E-state index < -0.39 is 5.97 Å². The Morgan fingerprint density at radius 2 is 2.54 bits per heavy atom. The van der Waals surface area contributed by atoms with Gasteiger partial charge in [-0.2, -0.15) is 5.10 Å². The van der Waals surface area contributed by atoms with Crippen molar-refractivity contribution in [1.29, 1.82) is 0 Å². The topological polar surface area (TPSA) is 68.0 Å². The predicted octanol–water partition coefficient (Wildman–Crippen LogP) is 0.393. The minimum absolute atomic E-state index is 0.335. The van der Waals surface area contributed by atoms with Crippen molar-refractivity contribution in [3.63, 3.8) is 0 Å². The third kappa shape index (κ3) is 1.53. The first-order valence-corrected chi connectivity index (χ1v) is 4.92. The van der Waals surface area contributed by atoms with Gasteiger partial charge in [-0.3, -0.25) is 4.79 Å². The quantitative estimate of drug-likeness (QED) is 0.708. The summed E-state index contributed by atoms with van der Waals surface area (Å²) in [5, 5.41) is 13.7. The van der Waals surface area contributed by atoms with Crippen molar-refractivity contribution in [3.05, 3.63) is 5.82 Å². The summed E-state index contributed by atoms with van der Waals surface area (Å²) in [6, 6.07) is 0. The smallest absolute Gasteiger partial charge is 0.309 e. The molecule has 1 N–H and O–H groups in total.